The number of nitrogens with one attached hydrogen (secondary N) is 1. The van der Waals surface area contributed by atoms with Gasteiger partial charge in [-0.05, 0) is 18.2 Å². The molecule has 1 aliphatic rings. The first kappa shape index (κ1) is 14.7. The second kappa shape index (κ2) is 5.35. The number of carbonyl (C=O) groups excluding carboxylic acids is 3. The van der Waals surface area contributed by atoms with E-state index >= 15 is 0 Å². The van der Waals surface area contributed by atoms with E-state index in [4.69, 9.17) is 0 Å². The van der Waals surface area contributed by atoms with E-state index in [1.165, 1.54) is 25.1 Å². The summed E-state index contributed by atoms with van der Waals surface area (Å²) in [4.78, 5) is 47.1. The Morgan fingerprint density at radius 3 is 2.48 bits per heavy atom. The number of hydrogen-bond acceptors (Lipinski definition) is 4. The molecule has 1 saturated heterocycles. The second-order valence-electron chi connectivity index (χ2n) is 4.89. The van der Waals surface area contributed by atoms with E-state index in [0.717, 1.165) is 4.90 Å². The van der Waals surface area contributed by atoms with E-state index in [0.29, 0.717) is 0 Å². The molecule has 1 unspecified atom stereocenters. The maximum atomic E-state index is 12.0. The number of imide groups is 1. The molecule has 0 spiro atoms. The number of aromatic carboxylic acids is 1. The Balaban J connectivity index is 2.49. The Bertz CT molecular complexity index is 653. The Labute approximate surface area is 120 Å². The Morgan fingerprint density at radius 1 is 1.33 bits per heavy atom. The first-order chi connectivity index (χ1) is 9.81. The van der Waals surface area contributed by atoms with E-state index in [2.05, 4.69) is 5.32 Å². The third-order valence-corrected chi connectivity index (χ3v) is 3.16. The molecule has 2 N–H and O–H groups in total. The van der Waals surface area contributed by atoms with Gasteiger partial charge < -0.3 is 10.4 Å². The van der Waals surface area contributed by atoms with Crippen LogP contribution in [0.2, 0.25) is 0 Å². The van der Waals surface area contributed by atoms with E-state index in [9.17, 15) is 24.3 Å². The minimum absolute atomic E-state index is 0.0240. The number of rotatable bonds is 3. The zero-order valence-electron chi connectivity index (χ0n) is 11.5. The standard InChI is InChI=1S/C14H14N2O5/c1-7-5-12(18)16(13(7)19)11-4-3-9(15-8(2)17)6-10(11)14(20)21/h3-4,6-7H,5H2,1-2H3,(H,15,17)(H,20,21). The molecule has 1 aromatic carbocycles. The second-order valence-corrected chi connectivity index (χ2v) is 4.89. The van der Waals surface area contributed by atoms with Crippen LogP contribution in [0, 0.1) is 5.92 Å². The van der Waals surface area contributed by atoms with E-state index < -0.39 is 23.7 Å². The van der Waals surface area contributed by atoms with Crippen LogP contribution in [0.3, 0.4) is 0 Å². The molecule has 7 heteroatoms. The van der Waals surface area contributed by atoms with Crippen molar-refractivity contribution in [1.82, 2.24) is 0 Å². The molecule has 110 valence electrons. The summed E-state index contributed by atoms with van der Waals surface area (Å²) in [5.41, 5.74) is 0.101. The molecule has 0 radical (unpaired) electrons. The lowest BCUT2D eigenvalue weighted by Gasteiger charge is -2.17. The summed E-state index contributed by atoms with van der Waals surface area (Å²) in [7, 11) is 0. The minimum Gasteiger partial charge on any atom is -0.478 e. The van der Waals surface area contributed by atoms with Gasteiger partial charge in [-0.2, -0.15) is 0 Å². The Hall–Kier alpha value is -2.70. The summed E-state index contributed by atoms with van der Waals surface area (Å²) in [6, 6.07) is 4.03. The molecule has 1 atom stereocenters. The van der Waals surface area contributed by atoms with Crippen molar-refractivity contribution in [2.75, 3.05) is 10.2 Å². The Morgan fingerprint density at radius 2 is 2.00 bits per heavy atom. The minimum atomic E-state index is -1.28. The van der Waals surface area contributed by atoms with Gasteiger partial charge in [0.2, 0.25) is 17.7 Å². The van der Waals surface area contributed by atoms with E-state index in [-0.39, 0.29) is 29.3 Å². The predicted molar refractivity (Wildman–Crippen MR) is 74.0 cm³/mol. The highest BCUT2D eigenvalue weighted by molar-refractivity contribution is 6.22. The number of nitrogens with zero attached hydrogens (tertiary/aromatic N) is 1. The topological polar surface area (TPSA) is 104 Å². The van der Waals surface area contributed by atoms with Gasteiger partial charge in [0.05, 0.1) is 11.3 Å². The Kier molecular flexibility index (Phi) is 3.75. The molecule has 2 rings (SSSR count). The van der Waals surface area contributed by atoms with Gasteiger partial charge in [-0.15, -0.1) is 0 Å². The summed E-state index contributed by atoms with van der Waals surface area (Å²) < 4.78 is 0. The lowest BCUT2D eigenvalue weighted by molar-refractivity contribution is -0.122. The van der Waals surface area contributed by atoms with Gasteiger partial charge >= 0.3 is 5.97 Å². The number of hydrogen-bond donors (Lipinski definition) is 2. The van der Waals surface area contributed by atoms with Crippen molar-refractivity contribution in [2.24, 2.45) is 5.92 Å². The van der Waals surface area contributed by atoms with Crippen LogP contribution in [-0.2, 0) is 14.4 Å². The number of carboxylic acid groups (broad SMARTS) is 1. The molecule has 1 fully saturated rings. The molecule has 21 heavy (non-hydrogen) atoms. The molecular formula is C14H14N2O5. The summed E-state index contributed by atoms with van der Waals surface area (Å²) >= 11 is 0. The SMILES string of the molecule is CC(=O)Nc1ccc(N2C(=O)CC(C)C2=O)c(C(=O)O)c1. The van der Waals surface area contributed by atoms with Crippen LogP contribution in [0.5, 0.6) is 0 Å². The quantitative estimate of drug-likeness (QED) is 0.815. The van der Waals surface area contributed by atoms with Crippen LogP contribution in [0.1, 0.15) is 30.6 Å². The monoisotopic (exact) mass is 290 g/mol. The predicted octanol–water partition coefficient (Wildman–Crippen LogP) is 1.24. The van der Waals surface area contributed by atoms with Gasteiger partial charge in [0.25, 0.3) is 0 Å². The van der Waals surface area contributed by atoms with Gasteiger partial charge in [-0.25, -0.2) is 9.69 Å². The summed E-state index contributed by atoms with van der Waals surface area (Å²) in [5, 5.41) is 11.7. The lowest BCUT2D eigenvalue weighted by atomic mass is 10.1. The first-order valence-corrected chi connectivity index (χ1v) is 6.33. The van der Waals surface area contributed by atoms with Gasteiger partial charge in [0.1, 0.15) is 0 Å². The van der Waals surface area contributed by atoms with Crippen molar-refractivity contribution in [3.63, 3.8) is 0 Å². The molecule has 7 nitrogen and oxygen atoms in total. The van der Waals surface area contributed by atoms with E-state index in [1.54, 1.807) is 6.92 Å². The number of carbonyl (C=O) groups is 4. The largest absolute Gasteiger partial charge is 0.478 e. The van der Waals surface area contributed by atoms with Gasteiger partial charge in [-0.1, -0.05) is 6.92 Å². The maximum absolute atomic E-state index is 12.0. The normalized spacial score (nSPS) is 18.0. The van der Waals surface area contributed by atoms with E-state index in [1.807, 2.05) is 0 Å². The lowest BCUT2D eigenvalue weighted by Crippen LogP contribution is -2.31. The molecule has 1 aliphatic heterocycles. The van der Waals surface area contributed by atoms with Crippen LogP contribution in [0.25, 0.3) is 0 Å². The van der Waals surface area contributed by atoms with Gasteiger partial charge in [0.15, 0.2) is 0 Å². The van der Waals surface area contributed by atoms with Gasteiger partial charge in [0, 0.05) is 24.9 Å². The van der Waals surface area contributed by atoms with Crippen LogP contribution in [0.15, 0.2) is 18.2 Å². The zero-order valence-corrected chi connectivity index (χ0v) is 11.5. The fourth-order valence-electron chi connectivity index (χ4n) is 2.22. The van der Waals surface area contributed by atoms with Crippen molar-refractivity contribution in [3.05, 3.63) is 23.8 Å². The molecule has 0 bridgehead atoms. The number of amides is 3. The highest BCUT2D eigenvalue weighted by Crippen LogP contribution is 2.31. The smallest absolute Gasteiger partial charge is 0.337 e. The van der Waals surface area contributed by atoms with Crippen LogP contribution in [0.4, 0.5) is 11.4 Å². The number of anilines is 2. The van der Waals surface area contributed by atoms with Crippen molar-refractivity contribution in [3.8, 4) is 0 Å². The zero-order chi connectivity index (χ0) is 15.7. The molecule has 1 aromatic rings. The van der Waals surface area contributed by atoms with Crippen LogP contribution < -0.4 is 10.2 Å². The molecule has 3 amide bonds. The molecule has 1 heterocycles. The molecule has 0 saturated carbocycles. The fourth-order valence-corrected chi connectivity index (χ4v) is 2.22. The first-order valence-electron chi connectivity index (χ1n) is 6.33. The van der Waals surface area contributed by atoms with Crippen molar-refractivity contribution < 1.29 is 24.3 Å². The van der Waals surface area contributed by atoms with Crippen molar-refractivity contribution in [2.45, 2.75) is 20.3 Å². The number of benzene rings is 1. The van der Waals surface area contributed by atoms with Crippen LogP contribution in [-0.4, -0.2) is 28.8 Å². The molecular weight excluding hydrogens is 276 g/mol. The third-order valence-electron chi connectivity index (χ3n) is 3.16. The highest BCUT2D eigenvalue weighted by Gasteiger charge is 2.38. The summed E-state index contributed by atoms with van der Waals surface area (Å²) in [6.45, 7) is 2.91. The molecule has 0 aliphatic carbocycles. The summed E-state index contributed by atoms with van der Waals surface area (Å²) in [5.74, 6) is -2.94. The van der Waals surface area contributed by atoms with Crippen molar-refractivity contribution >= 4 is 35.1 Å². The van der Waals surface area contributed by atoms with Crippen LogP contribution >= 0.6 is 0 Å². The average molecular weight is 290 g/mol. The van der Waals surface area contributed by atoms with Crippen molar-refractivity contribution in [1.29, 1.82) is 0 Å². The maximum Gasteiger partial charge on any atom is 0.337 e. The highest BCUT2D eigenvalue weighted by atomic mass is 16.4. The number of carboxylic acids is 1. The molecule has 0 aromatic heterocycles. The fraction of sp³-hybridized carbons (Fsp3) is 0.286. The average Bonchev–Trinajstić information content (AvgIpc) is 2.63. The summed E-state index contributed by atoms with van der Waals surface area (Å²) in [6.07, 6.45) is 0.0609. The third kappa shape index (κ3) is 2.76. The van der Waals surface area contributed by atoms with Gasteiger partial charge in [-0.3, -0.25) is 14.4 Å².